The SMILES string of the molecule is O=c1cc(CN2CCCC2c2nc3c([nH]2)CCCC3)nc2cc[nH]n12. The van der Waals surface area contributed by atoms with Gasteiger partial charge >= 0.3 is 0 Å². The van der Waals surface area contributed by atoms with Crippen molar-refractivity contribution in [3.05, 3.63) is 51.6 Å². The summed E-state index contributed by atoms with van der Waals surface area (Å²) in [5.74, 6) is 1.10. The number of rotatable bonds is 3. The van der Waals surface area contributed by atoms with Crippen molar-refractivity contribution in [2.75, 3.05) is 6.54 Å². The van der Waals surface area contributed by atoms with Crippen molar-refractivity contribution >= 4 is 5.65 Å². The molecule has 5 rings (SSSR count). The zero-order valence-electron chi connectivity index (χ0n) is 14.2. The van der Waals surface area contributed by atoms with E-state index in [9.17, 15) is 4.79 Å². The summed E-state index contributed by atoms with van der Waals surface area (Å²) in [6.45, 7) is 1.71. The summed E-state index contributed by atoms with van der Waals surface area (Å²) in [5.41, 5.74) is 4.03. The van der Waals surface area contributed by atoms with Crippen LogP contribution in [0.15, 0.2) is 23.1 Å². The van der Waals surface area contributed by atoms with Crippen LogP contribution in [0.1, 0.15) is 54.6 Å². The number of hydrogen-bond donors (Lipinski definition) is 2. The molecular formula is C18H22N6O. The van der Waals surface area contributed by atoms with Crippen molar-refractivity contribution in [1.29, 1.82) is 0 Å². The van der Waals surface area contributed by atoms with E-state index in [0.29, 0.717) is 18.2 Å². The lowest BCUT2D eigenvalue weighted by Gasteiger charge is -2.22. The predicted octanol–water partition coefficient (Wildman–Crippen LogP) is 1.96. The number of imidazole rings is 1. The van der Waals surface area contributed by atoms with Crippen LogP contribution in [0.25, 0.3) is 5.65 Å². The lowest BCUT2D eigenvalue weighted by Crippen LogP contribution is -2.26. The largest absolute Gasteiger partial charge is 0.344 e. The molecule has 0 aromatic carbocycles. The Morgan fingerprint density at radius 1 is 1.20 bits per heavy atom. The first-order chi connectivity index (χ1) is 12.3. The Morgan fingerprint density at radius 2 is 2.12 bits per heavy atom. The topological polar surface area (TPSA) is 82.1 Å². The van der Waals surface area contributed by atoms with Crippen molar-refractivity contribution in [3.63, 3.8) is 0 Å². The molecule has 0 amide bonds. The van der Waals surface area contributed by atoms with Crippen LogP contribution >= 0.6 is 0 Å². The molecular weight excluding hydrogens is 316 g/mol. The average molecular weight is 338 g/mol. The highest BCUT2D eigenvalue weighted by Gasteiger charge is 2.30. The molecule has 0 spiro atoms. The van der Waals surface area contributed by atoms with E-state index in [0.717, 1.165) is 43.7 Å². The summed E-state index contributed by atoms with van der Waals surface area (Å²) in [6, 6.07) is 3.76. The molecule has 1 aliphatic heterocycles. The van der Waals surface area contributed by atoms with Gasteiger partial charge in [0.2, 0.25) is 0 Å². The Hall–Kier alpha value is -2.41. The normalized spacial score (nSPS) is 21.0. The fourth-order valence-electron chi connectivity index (χ4n) is 4.22. The molecule has 0 saturated carbocycles. The molecule has 2 N–H and O–H groups in total. The van der Waals surface area contributed by atoms with Crippen molar-refractivity contribution < 1.29 is 0 Å². The van der Waals surface area contributed by atoms with E-state index in [1.807, 2.05) is 6.07 Å². The van der Waals surface area contributed by atoms with E-state index in [-0.39, 0.29) is 5.56 Å². The Balaban J connectivity index is 1.42. The third-order valence-electron chi connectivity index (χ3n) is 5.45. The van der Waals surface area contributed by atoms with Gasteiger partial charge in [-0.2, -0.15) is 0 Å². The average Bonchev–Trinajstić information content (AvgIpc) is 3.33. The molecule has 3 aromatic heterocycles. The van der Waals surface area contributed by atoms with Crippen LogP contribution in [-0.2, 0) is 19.4 Å². The smallest absolute Gasteiger partial charge is 0.272 e. The van der Waals surface area contributed by atoms with Gasteiger partial charge in [0.1, 0.15) is 5.82 Å². The lowest BCUT2D eigenvalue weighted by molar-refractivity contribution is 0.238. The number of H-pyrrole nitrogens is 2. The van der Waals surface area contributed by atoms with Crippen LogP contribution in [0.3, 0.4) is 0 Å². The molecule has 130 valence electrons. The van der Waals surface area contributed by atoms with Gasteiger partial charge in [-0.1, -0.05) is 0 Å². The number of nitrogens with zero attached hydrogens (tertiary/aromatic N) is 4. The molecule has 1 saturated heterocycles. The Morgan fingerprint density at radius 3 is 3.04 bits per heavy atom. The van der Waals surface area contributed by atoms with Crippen LogP contribution in [0.5, 0.6) is 0 Å². The van der Waals surface area contributed by atoms with Gasteiger partial charge in [0.15, 0.2) is 5.65 Å². The molecule has 7 nitrogen and oxygen atoms in total. The third kappa shape index (κ3) is 2.59. The van der Waals surface area contributed by atoms with Crippen LogP contribution in [0, 0.1) is 0 Å². The second-order valence-corrected chi connectivity index (χ2v) is 7.12. The van der Waals surface area contributed by atoms with E-state index in [4.69, 9.17) is 4.98 Å². The van der Waals surface area contributed by atoms with Crippen molar-refractivity contribution in [2.45, 2.75) is 51.1 Å². The lowest BCUT2D eigenvalue weighted by atomic mass is 10.0. The zero-order valence-corrected chi connectivity index (χ0v) is 14.2. The fraction of sp³-hybridized carbons (Fsp3) is 0.500. The summed E-state index contributed by atoms with van der Waals surface area (Å²) in [7, 11) is 0. The van der Waals surface area contributed by atoms with Crippen molar-refractivity contribution in [3.8, 4) is 0 Å². The quantitative estimate of drug-likeness (QED) is 0.765. The number of aromatic nitrogens is 5. The molecule has 0 bridgehead atoms. The molecule has 0 radical (unpaired) electrons. The number of nitrogens with one attached hydrogen (secondary N) is 2. The number of likely N-dealkylation sites (tertiary alicyclic amines) is 1. The Labute approximate surface area is 145 Å². The van der Waals surface area contributed by atoms with E-state index >= 15 is 0 Å². The maximum absolute atomic E-state index is 12.2. The van der Waals surface area contributed by atoms with Crippen LogP contribution in [-0.4, -0.2) is 36.0 Å². The summed E-state index contributed by atoms with van der Waals surface area (Å²) in [6.07, 6.45) is 8.72. The summed E-state index contributed by atoms with van der Waals surface area (Å²) in [5, 5.41) is 2.88. The molecule has 25 heavy (non-hydrogen) atoms. The highest BCUT2D eigenvalue weighted by molar-refractivity contribution is 5.36. The van der Waals surface area contributed by atoms with Gasteiger partial charge in [0, 0.05) is 30.6 Å². The summed E-state index contributed by atoms with van der Waals surface area (Å²) in [4.78, 5) is 27.7. The van der Waals surface area contributed by atoms with Crippen LogP contribution in [0.2, 0.25) is 0 Å². The molecule has 4 heterocycles. The van der Waals surface area contributed by atoms with Gasteiger partial charge in [0.25, 0.3) is 5.56 Å². The number of aryl methyl sites for hydroxylation is 2. The molecule has 1 aliphatic carbocycles. The molecule has 3 aromatic rings. The number of aromatic amines is 2. The molecule has 2 aliphatic rings. The van der Waals surface area contributed by atoms with Crippen LogP contribution < -0.4 is 5.56 Å². The minimum Gasteiger partial charge on any atom is -0.344 e. The van der Waals surface area contributed by atoms with E-state index < -0.39 is 0 Å². The van der Waals surface area contributed by atoms with Gasteiger partial charge in [-0.15, -0.1) is 0 Å². The standard InChI is InChI=1S/C18H22N6O/c25-17-10-12(20-16-7-8-19-24(16)17)11-23-9-3-6-15(23)18-21-13-4-1-2-5-14(13)22-18/h7-8,10,15,19H,1-6,9,11H2,(H,21,22). The third-order valence-corrected chi connectivity index (χ3v) is 5.45. The fourth-order valence-corrected chi connectivity index (χ4v) is 4.22. The second kappa shape index (κ2) is 5.84. The van der Waals surface area contributed by atoms with E-state index in [1.165, 1.54) is 28.7 Å². The maximum atomic E-state index is 12.2. The van der Waals surface area contributed by atoms with Gasteiger partial charge in [-0.25, -0.2) is 14.5 Å². The maximum Gasteiger partial charge on any atom is 0.272 e. The Kier molecular flexibility index (Phi) is 3.48. The number of fused-ring (bicyclic) bond motifs is 2. The zero-order chi connectivity index (χ0) is 16.8. The molecule has 1 atom stereocenters. The minimum atomic E-state index is -0.0609. The first-order valence-corrected chi connectivity index (χ1v) is 9.16. The Bertz CT molecular complexity index is 944. The van der Waals surface area contributed by atoms with Crippen molar-refractivity contribution in [2.24, 2.45) is 0 Å². The van der Waals surface area contributed by atoms with Gasteiger partial charge in [0.05, 0.1) is 17.4 Å². The minimum absolute atomic E-state index is 0.0609. The van der Waals surface area contributed by atoms with Crippen molar-refractivity contribution in [1.82, 2.24) is 29.5 Å². The van der Waals surface area contributed by atoms with Gasteiger partial charge in [-0.05, 0) is 45.1 Å². The van der Waals surface area contributed by atoms with E-state index in [1.54, 1.807) is 12.3 Å². The van der Waals surface area contributed by atoms with E-state index in [2.05, 4.69) is 20.0 Å². The van der Waals surface area contributed by atoms with Crippen LogP contribution in [0.4, 0.5) is 0 Å². The molecule has 7 heteroatoms. The summed E-state index contributed by atoms with van der Waals surface area (Å²) < 4.78 is 1.46. The highest BCUT2D eigenvalue weighted by atomic mass is 16.1. The first-order valence-electron chi connectivity index (χ1n) is 9.16. The van der Waals surface area contributed by atoms with Gasteiger partial charge < -0.3 is 4.98 Å². The number of hydrogen-bond acceptors (Lipinski definition) is 4. The second-order valence-electron chi connectivity index (χ2n) is 7.12. The highest BCUT2D eigenvalue weighted by Crippen LogP contribution is 2.33. The summed E-state index contributed by atoms with van der Waals surface area (Å²) >= 11 is 0. The molecule has 1 fully saturated rings. The monoisotopic (exact) mass is 338 g/mol. The first kappa shape index (κ1) is 14.9. The molecule has 1 unspecified atom stereocenters. The predicted molar refractivity (Wildman–Crippen MR) is 93.4 cm³/mol. The van der Waals surface area contributed by atoms with Gasteiger partial charge in [-0.3, -0.25) is 14.8 Å².